The summed E-state index contributed by atoms with van der Waals surface area (Å²) in [7, 11) is -4.26. The number of aryl methyl sites for hydroxylation is 1. The lowest BCUT2D eigenvalue weighted by atomic mass is 9.94. The third-order valence-electron chi connectivity index (χ3n) is 8.66. The van der Waals surface area contributed by atoms with Crippen molar-refractivity contribution < 1.29 is 18.0 Å². The Morgan fingerprint density at radius 2 is 1.46 bits per heavy atom. The summed E-state index contributed by atoms with van der Waals surface area (Å²) in [5, 5.41) is 4.16. The molecule has 0 aromatic heterocycles. The molecule has 1 saturated carbocycles. The predicted octanol–water partition coefficient (Wildman–Crippen LogP) is 8.24. The van der Waals surface area contributed by atoms with Gasteiger partial charge in [0.1, 0.15) is 12.6 Å². The predicted molar refractivity (Wildman–Crippen MR) is 193 cm³/mol. The monoisotopic (exact) mass is 725 g/mol. The number of halogens is 3. The molecule has 11 heteroatoms. The average Bonchev–Trinajstić information content (AvgIpc) is 3.08. The van der Waals surface area contributed by atoms with Crippen molar-refractivity contribution >= 4 is 62.3 Å². The summed E-state index contributed by atoms with van der Waals surface area (Å²) in [6.45, 7) is 1.02. The maximum absolute atomic E-state index is 14.8. The maximum atomic E-state index is 14.8. The molecule has 0 bridgehead atoms. The van der Waals surface area contributed by atoms with Gasteiger partial charge in [0.25, 0.3) is 10.0 Å². The van der Waals surface area contributed by atoms with Gasteiger partial charge in [0, 0.05) is 39.6 Å². The molecule has 4 aromatic carbocycles. The smallest absolute Gasteiger partial charge is 0.264 e. The minimum absolute atomic E-state index is 0.00810. The average molecular weight is 727 g/mol. The van der Waals surface area contributed by atoms with Crippen molar-refractivity contribution in [3.8, 4) is 0 Å². The van der Waals surface area contributed by atoms with Gasteiger partial charge in [0.2, 0.25) is 11.8 Å². The minimum Gasteiger partial charge on any atom is -0.352 e. The van der Waals surface area contributed by atoms with Crippen molar-refractivity contribution in [2.45, 2.75) is 69.0 Å². The first-order valence-corrected chi connectivity index (χ1v) is 18.5. The molecule has 5 rings (SSSR count). The zero-order valence-corrected chi connectivity index (χ0v) is 29.7. The van der Waals surface area contributed by atoms with Crippen LogP contribution in [0.3, 0.4) is 0 Å². The van der Waals surface area contributed by atoms with E-state index in [2.05, 4.69) is 5.32 Å². The van der Waals surface area contributed by atoms with Gasteiger partial charge in [-0.3, -0.25) is 13.9 Å². The van der Waals surface area contributed by atoms with Crippen LogP contribution in [0.5, 0.6) is 0 Å². The van der Waals surface area contributed by atoms with E-state index < -0.39 is 28.5 Å². The molecule has 1 fully saturated rings. The van der Waals surface area contributed by atoms with E-state index in [4.69, 9.17) is 34.8 Å². The molecule has 0 radical (unpaired) electrons. The second-order valence-corrected chi connectivity index (χ2v) is 15.1. The molecular weight excluding hydrogens is 689 g/mol. The first-order valence-electron chi connectivity index (χ1n) is 15.9. The molecule has 48 heavy (non-hydrogen) atoms. The largest absolute Gasteiger partial charge is 0.352 e. The number of hydrogen-bond acceptors (Lipinski definition) is 4. The lowest BCUT2D eigenvalue weighted by Crippen LogP contribution is -2.55. The molecule has 2 amide bonds. The third-order valence-corrected chi connectivity index (χ3v) is 11.4. The highest BCUT2D eigenvalue weighted by molar-refractivity contribution is 7.92. The number of amides is 2. The summed E-state index contributed by atoms with van der Waals surface area (Å²) in [5.41, 5.74) is 2.14. The zero-order chi connectivity index (χ0) is 34.3. The number of sulfonamides is 1. The molecule has 1 aliphatic rings. The Morgan fingerprint density at radius 3 is 2.10 bits per heavy atom. The fourth-order valence-electron chi connectivity index (χ4n) is 6.04. The molecule has 1 N–H and O–H groups in total. The molecule has 252 valence electrons. The maximum Gasteiger partial charge on any atom is 0.264 e. The number of carbonyl (C=O) groups is 2. The van der Waals surface area contributed by atoms with Crippen LogP contribution in [0, 0.1) is 6.92 Å². The van der Waals surface area contributed by atoms with E-state index in [-0.39, 0.29) is 35.5 Å². The molecule has 0 aliphatic heterocycles. The Bertz CT molecular complexity index is 1820. The molecular formula is C37H38Cl3N3O4S. The summed E-state index contributed by atoms with van der Waals surface area (Å²) >= 11 is 19.6. The fraction of sp³-hybridized carbons (Fsp3) is 0.297. The van der Waals surface area contributed by atoms with Crippen molar-refractivity contribution in [3.63, 3.8) is 0 Å². The highest BCUT2D eigenvalue weighted by Gasteiger charge is 2.36. The number of rotatable bonds is 12. The van der Waals surface area contributed by atoms with Gasteiger partial charge in [0.15, 0.2) is 0 Å². The summed E-state index contributed by atoms with van der Waals surface area (Å²) in [6, 6.07) is 26.2. The van der Waals surface area contributed by atoms with Crippen LogP contribution in [0.1, 0.15) is 48.8 Å². The first-order chi connectivity index (χ1) is 23.0. The molecule has 1 atom stereocenters. The Morgan fingerprint density at radius 1 is 0.833 bits per heavy atom. The van der Waals surface area contributed by atoms with E-state index in [1.165, 1.54) is 23.1 Å². The Balaban J connectivity index is 1.61. The Kier molecular flexibility index (Phi) is 12.1. The normalized spacial score (nSPS) is 14.2. The molecule has 4 aromatic rings. The van der Waals surface area contributed by atoms with E-state index in [1.807, 2.05) is 30.3 Å². The van der Waals surface area contributed by atoms with Crippen molar-refractivity contribution in [1.29, 1.82) is 0 Å². The number of benzene rings is 4. The number of nitrogens with zero attached hydrogens (tertiary/aromatic N) is 2. The van der Waals surface area contributed by atoms with Gasteiger partial charge in [0.05, 0.1) is 10.6 Å². The van der Waals surface area contributed by atoms with E-state index in [9.17, 15) is 18.0 Å². The second-order valence-electron chi connectivity index (χ2n) is 12.0. The molecule has 0 spiro atoms. The van der Waals surface area contributed by atoms with Crippen LogP contribution in [0.25, 0.3) is 0 Å². The van der Waals surface area contributed by atoms with Crippen molar-refractivity contribution in [2.24, 2.45) is 0 Å². The molecule has 0 saturated heterocycles. The number of carbonyl (C=O) groups excluding carboxylic acids is 2. The summed E-state index contributed by atoms with van der Waals surface area (Å²) < 4.78 is 29.6. The van der Waals surface area contributed by atoms with Crippen LogP contribution in [0.4, 0.5) is 5.69 Å². The standard InChI is InChI=1S/C37H38Cl3N3O4S/c1-26-20-21-28(38)23-34(26)43(48(46,47)30-16-9-4-10-17-30)25-36(44)42(24-31-32(39)18-11-19-33(31)40)35(22-27-12-5-2-6-13-27)37(45)41-29-14-7-3-8-15-29/h2,4-6,9-13,16-21,23,29,35H,3,7-8,14-15,22,24-25H2,1H3,(H,41,45). The second kappa shape index (κ2) is 16.2. The van der Waals surface area contributed by atoms with E-state index in [0.717, 1.165) is 42.0 Å². The van der Waals surface area contributed by atoms with Crippen LogP contribution < -0.4 is 9.62 Å². The Labute approximate surface area is 297 Å². The van der Waals surface area contributed by atoms with Crippen LogP contribution in [0.15, 0.2) is 102 Å². The molecule has 1 aliphatic carbocycles. The summed E-state index contributed by atoms with van der Waals surface area (Å²) in [5.74, 6) is -0.928. The van der Waals surface area contributed by atoms with Crippen LogP contribution in [-0.4, -0.2) is 43.8 Å². The minimum atomic E-state index is -4.26. The van der Waals surface area contributed by atoms with Gasteiger partial charge in [-0.2, -0.15) is 0 Å². The van der Waals surface area contributed by atoms with Gasteiger partial charge in [-0.25, -0.2) is 8.42 Å². The molecule has 7 nitrogen and oxygen atoms in total. The SMILES string of the molecule is Cc1ccc(Cl)cc1N(CC(=O)N(Cc1c(Cl)cccc1Cl)C(Cc1ccccc1)C(=O)NC1CCCCC1)S(=O)(=O)c1ccccc1. The van der Waals surface area contributed by atoms with Crippen LogP contribution in [0.2, 0.25) is 15.1 Å². The first kappa shape index (κ1) is 35.7. The third kappa shape index (κ3) is 8.72. The highest BCUT2D eigenvalue weighted by Crippen LogP contribution is 2.32. The van der Waals surface area contributed by atoms with Crippen molar-refractivity contribution in [1.82, 2.24) is 10.2 Å². The van der Waals surface area contributed by atoms with Gasteiger partial charge in [-0.15, -0.1) is 0 Å². The van der Waals surface area contributed by atoms with Gasteiger partial charge >= 0.3 is 0 Å². The van der Waals surface area contributed by atoms with Gasteiger partial charge in [-0.05, 0) is 67.3 Å². The number of hydrogen-bond donors (Lipinski definition) is 1. The summed E-state index contributed by atoms with van der Waals surface area (Å²) in [6.07, 6.45) is 5.03. The number of nitrogens with one attached hydrogen (secondary N) is 1. The number of anilines is 1. The quantitative estimate of drug-likeness (QED) is 0.159. The van der Waals surface area contributed by atoms with E-state index in [1.54, 1.807) is 55.5 Å². The topological polar surface area (TPSA) is 86.8 Å². The molecule has 0 heterocycles. The zero-order valence-electron chi connectivity index (χ0n) is 26.6. The van der Waals surface area contributed by atoms with E-state index in [0.29, 0.717) is 26.2 Å². The highest BCUT2D eigenvalue weighted by atomic mass is 35.5. The van der Waals surface area contributed by atoms with E-state index >= 15 is 0 Å². The van der Waals surface area contributed by atoms with Crippen LogP contribution >= 0.6 is 34.8 Å². The van der Waals surface area contributed by atoms with Crippen molar-refractivity contribution in [3.05, 3.63) is 129 Å². The van der Waals surface area contributed by atoms with Gasteiger partial charge < -0.3 is 10.2 Å². The lowest BCUT2D eigenvalue weighted by Gasteiger charge is -2.35. The summed E-state index contributed by atoms with van der Waals surface area (Å²) in [4.78, 5) is 30.5. The lowest BCUT2D eigenvalue weighted by molar-refractivity contribution is -0.140. The fourth-order valence-corrected chi connectivity index (χ4v) is 8.21. The van der Waals surface area contributed by atoms with Gasteiger partial charge in [-0.1, -0.05) is 115 Å². The van der Waals surface area contributed by atoms with Crippen molar-refractivity contribution in [2.75, 3.05) is 10.8 Å². The Hall–Kier alpha value is -3.56. The molecule has 1 unspecified atom stereocenters. The van der Waals surface area contributed by atoms with Crippen LogP contribution in [-0.2, 0) is 32.6 Å².